The summed E-state index contributed by atoms with van der Waals surface area (Å²) in [5.41, 5.74) is 0.629. The monoisotopic (exact) mass is 1180 g/mol. The molecule has 0 spiro atoms. The van der Waals surface area contributed by atoms with E-state index in [4.69, 9.17) is 55.9 Å². The Morgan fingerprint density at radius 1 is 0.310 bits per heavy atom. The number of ether oxygens (including phenoxy) is 9. The van der Waals surface area contributed by atoms with Crippen LogP contribution in [0.1, 0.15) is 108 Å². The fraction of sp³-hybridized carbons (Fsp3) is 0.304. The van der Waals surface area contributed by atoms with Crippen LogP contribution >= 0.6 is 0 Å². The normalized spacial score (nSPS) is 11.3. The van der Waals surface area contributed by atoms with Crippen molar-refractivity contribution in [2.75, 3.05) is 52.9 Å². The maximum absolute atomic E-state index is 12.8. The first kappa shape index (κ1) is 62.2. The smallest absolute Gasteiger partial charge is 0.343 e. The summed E-state index contributed by atoms with van der Waals surface area (Å²) in [4.78, 5) is 73.1. The molecule has 0 bridgehead atoms. The van der Waals surface area contributed by atoms with Crippen molar-refractivity contribution in [3.63, 3.8) is 0 Å². The van der Waals surface area contributed by atoms with Crippen LogP contribution < -0.4 is 45.3 Å². The number of rotatable bonds is 35. The molecule has 6 aromatic carbocycles. The van der Waals surface area contributed by atoms with Crippen LogP contribution in [0.3, 0.4) is 0 Å². The van der Waals surface area contributed by atoms with E-state index in [1.807, 2.05) is 0 Å². The zero-order valence-electron chi connectivity index (χ0n) is 48.2. The van der Waals surface area contributed by atoms with Crippen LogP contribution in [0, 0.1) is 0 Å². The van der Waals surface area contributed by atoms with Gasteiger partial charge in [-0.2, -0.15) is 0 Å². The molecule has 0 aliphatic rings. The maximum Gasteiger partial charge on any atom is 0.343 e. The van der Waals surface area contributed by atoms with E-state index in [1.54, 1.807) is 127 Å². The topological polar surface area (TPSA) is 225 Å². The van der Waals surface area contributed by atoms with E-state index < -0.39 is 34.8 Å². The van der Waals surface area contributed by atoms with E-state index in [0.29, 0.717) is 104 Å². The van der Waals surface area contributed by atoms with Gasteiger partial charge in [-0.15, -0.1) is 0 Å². The lowest BCUT2D eigenvalue weighted by Gasteiger charge is -2.18. The summed E-state index contributed by atoms with van der Waals surface area (Å²) in [6, 6.07) is 43.9. The molecule has 18 heteroatoms. The third-order valence-electron chi connectivity index (χ3n) is 13.9. The quantitative estimate of drug-likeness (QED) is 0.0156. The summed E-state index contributed by atoms with van der Waals surface area (Å²) in [6.07, 6.45) is 10.8. The minimum Gasteiger partial charge on any atom is -0.494 e. The van der Waals surface area contributed by atoms with Gasteiger partial charge in [-0.3, -0.25) is 0 Å². The molecule has 9 rings (SSSR count). The highest BCUT2D eigenvalue weighted by Crippen LogP contribution is 2.25. The van der Waals surface area contributed by atoms with Crippen molar-refractivity contribution in [3.05, 3.63) is 212 Å². The van der Waals surface area contributed by atoms with Crippen molar-refractivity contribution in [1.82, 2.24) is 0 Å². The summed E-state index contributed by atoms with van der Waals surface area (Å²) >= 11 is 0. The van der Waals surface area contributed by atoms with Crippen LogP contribution in [0.4, 0.5) is 0 Å². The SMILES string of the molecule is O=C(Oc1ccc2ccc(=O)oc2c1)c1ccc(OCCCCCCOCC(COCCCCCCOc2ccc(C(=O)Oc3ccc4ccc(=O)oc4c3)cc2)OCCCCCCOc2ccc(C(=O)Oc3ccc4ccc(=O)oc4c3)cc2)cc1. The van der Waals surface area contributed by atoms with E-state index >= 15 is 0 Å². The first-order chi connectivity index (χ1) is 42.6. The van der Waals surface area contributed by atoms with E-state index in [0.717, 1.165) is 93.2 Å². The Balaban J connectivity index is 0.630. The minimum atomic E-state index is -0.541. The van der Waals surface area contributed by atoms with Crippen LogP contribution in [-0.4, -0.2) is 76.9 Å². The molecule has 0 saturated carbocycles. The van der Waals surface area contributed by atoms with Gasteiger partial charge in [0.2, 0.25) is 0 Å². The third-order valence-corrected chi connectivity index (χ3v) is 13.9. The van der Waals surface area contributed by atoms with Gasteiger partial charge in [0.15, 0.2) is 0 Å². The molecule has 9 aromatic rings. The van der Waals surface area contributed by atoms with Gasteiger partial charge in [0.05, 0.1) is 49.7 Å². The van der Waals surface area contributed by atoms with Gasteiger partial charge in [-0.1, -0.05) is 19.3 Å². The molecule has 0 aliphatic heterocycles. The average Bonchev–Trinajstić information content (AvgIpc) is 3.63. The molecule has 452 valence electrons. The largest absolute Gasteiger partial charge is 0.494 e. The number of carbonyl (C=O) groups excluding carboxylic acids is 3. The van der Waals surface area contributed by atoms with E-state index in [9.17, 15) is 28.8 Å². The van der Waals surface area contributed by atoms with Crippen molar-refractivity contribution in [2.45, 2.75) is 83.2 Å². The Morgan fingerprint density at radius 3 is 0.908 bits per heavy atom. The van der Waals surface area contributed by atoms with Crippen LogP contribution in [0.2, 0.25) is 0 Å². The second-order valence-corrected chi connectivity index (χ2v) is 20.5. The van der Waals surface area contributed by atoms with Gasteiger partial charge in [0.1, 0.15) is 57.4 Å². The molecular weight excluding hydrogens is 1120 g/mol. The lowest BCUT2D eigenvalue weighted by molar-refractivity contribution is -0.0616. The molecule has 3 heterocycles. The van der Waals surface area contributed by atoms with Gasteiger partial charge >= 0.3 is 34.8 Å². The third kappa shape index (κ3) is 20.1. The van der Waals surface area contributed by atoms with Crippen molar-refractivity contribution in [2.24, 2.45) is 0 Å². The molecule has 3 aromatic heterocycles. The molecule has 0 atom stereocenters. The standard InChI is InChI=1S/C69H68O18/c70-64-34-22-48-13-31-57(43-61(48)85-64)82-67(73)51-16-25-54(26-17-51)78-39-9-3-1-7-37-76-46-60(81-42-12-6-5-11-41-80-56-29-20-53(21-30-56)69(75)84-59-33-15-50-24-36-66(72)87-63(50)45-59)47-77-38-8-2-4-10-40-79-55-27-18-52(19-28-55)68(74)83-58-32-14-49-23-35-65(71)86-62(49)44-58/h13-36,43-45,60H,1-12,37-42,46-47H2. The van der Waals surface area contributed by atoms with Gasteiger partial charge in [0.25, 0.3) is 0 Å². The van der Waals surface area contributed by atoms with Crippen LogP contribution in [-0.2, 0) is 14.2 Å². The Hall–Kier alpha value is -9.36. The molecule has 0 radical (unpaired) electrons. The summed E-state index contributed by atoms with van der Waals surface area (Å²) in [5.74, 6) is 1.14. The predicted octanol–water partition coefficient (Wildman–Crippen LogP) is 13.3. The molecular formula is C69H68O18. The lowest BCUT2D eigenvalue weighted by atomic mass is 10.2. The second-order valence-electron chi connectivity index (χ2n) is 20.5. The fourth-order valence-corrected chi connectivity index (χ4v) is 9.14. The molecule has 0 amide bonds. The Morgan fingerprint density at radius 2 is 0.586 bits per heavy atom. The number of hydrogen-bond acceptors (Lipinski definition) is 18. The first-order valence-corrected chi connectivity index (χ1v) is 29.3. The van der Waals surface area contributed by atoms with Gasteiger partial charge in [-0.05, 0) is 185 Å². The molecule has 0 N–H and O–H groups in total. The number of fused-ring (bicyclic) bond motifs is 3. The van der Waals surface area contributed by atoms with E-state index in [1.165, 1.54) is 36.4 Å². The number of unbranched alkanes of at least 4 members (excludes halogenated alkanes) is 9. The second kappa shape index (κ2) is 32.8. The summed E-state index contributed by atoms with van der Waals surface area (Å²) in [7, 11) is 0. The minimum absolute atomic E-state index is 0.211. The number of carbonyl (C=O) groups is 3. The highest BCUT2D eigenvalue weighted by atomic mass is 16.6. The number of esters is 3. The van der Waals surface area contributed by atoms with Crippen molar-refractivity contribution in [1.29, 1.82) is 0 Å². The molecule has 87 heavy (non-hydrogen) atoms. The van der Waals surface area contributed by atoms with Crippen LogP contribution in [0.5, 0.6) is 34.5 Å². The van der Waals surface area contributed by atoms with Crippen LogP contribution in [0.25, 0.3) is 32.9 Å². The zero-order chi connectivity index (χ0) is 60.4. The van der Waals surface area contributed by atoms with Gasteiger partial charge in [-0.25, -0.2) is 28.8 Å². The lowest BCUT2D eigenvalue weighted by Crippen LogP contribution is -2.27. The maximum atomic E-state index is 12.8. The Kier molecular flexibility index (Phi) is 23.4. The molecule has 0 aliphatic carbocycles. The van der Waals surface area contributed by atoms with Crippen molar-refractivity contribution in [3.8, 4) is 34.5 Å². The highest BCUT2D eigenvalue weighted by Gasteiger charge is 2.15. The molecule has 0 fully saturated rings. The average molecular weight is 1190 g/mol. The number of hydrogen-bond donors (Lipinski definition) is 0. The van der Waals surface area contributed by atoms with E-state index in [-0.39, 0.29) is 23.4 Å². The Labute approximate surface area is 501 Å². The van der Waals surface area contributed by atoms with Gasteiger partial charge in [0, 0.05) is 72.4 Å². The Bertz CT molecular complexity index is 3680. The van der Waals surface area contributed by atoms with Crippen LogP contribution in [0.15, 0.2) is 191 Å². The van der Waals surface area contributed by atoms with Crippen molar-refractivity contribution < 1.29 is 70.3 Å². The molecule has 0 unspecified atom stereocenters. The van der Waals surface area contributed by atoms with E-state index in [2.05, 4.69) is 0 Å². The fourth-order valence-electron chi connectivity index (χ4n) is 9.14. The van der Waals surface area contributed by atoms with Crippen molar-refractivity contribution >= 4 is 50.8 Å². The highest BCUT2D eigenvalue weighted by molar-refractivity contribution is 5.93. The summed E-state index contributed by atoms with van der Waals surface area (Å²) in [6.45, 7) is 4.20. The summed E-state index contributed by atoms with van der Waals surface area (Å²) in [5, 5.41) is 2.16. The molecule has 18 nitrogen and oxygen atoms in total. The molecule has 0 saturated heterocycles. The zero-order valence-corrected chi connectivity index (χ0v) is 48.2. The summed E-state index contributed by atoms with van der Waals surface area (Å²) < 4.78 is 68.4. The predicted molar refractivity (Wildman–Crippen MR) is 325 cm³/mol. The number of benzene rings is 6. The first-order valence-electron chi connectivity index (χ1n) is 29.3. The van der Waals surface area contributed by atoms with Gasteiger partial charge < -0.3 is 55.9 Å².